The summed E-state index contributed by atoms with van der Waals surface area (Å²) in [5.41, 5.74) is 3.20. The van der Waals surface area contributed by atoms with Crippen LogP contribution < -0.4 is 16.0 Å². The van der Waals surface area contributed by atoms with E-state index in [1.54, 1.807) is 42.7 Å². The fraction of sp³-hybridized carbons (Fsp3) is 0.143. The van der Waals surface area contributed by atoms with Crippen molar-refractivity contribution >= 4 is 23.2 Å². The highest BCUT2D eigenvalue weighted by atomic mass is 16.3. The minimum atomic E-state index is -0.203. The van der Waals surface area contributed by atoms with E-state index < -0.39 is 0 Å². The molecule has 0 aliphatic heterocycles. The molecule has 0 fully saturated rings. The highest BCUT2D eigenvalue weighted by molar-refractivity contribution is 5.96. The summed E-state index contributed by atoms with van der Waals surface area (Å²) in [5, 5.41) is 8.64. The number of benzene rings is 2. The van der Waals surface area contributed by atoms with Gasteiger partial charge in [0.2, 0.25) is 5.91 Å². The summed E-state index contributed by atoms with van der Waals surface area (Å²) in [7, 11) is 0. The molecule has 0 spiro atoms. The molecule has 3 rings (SSSR count). The number of carbonyl (C=O) groups is 2. The molecular formula is C21H21N3O3. The first-order valence-electron chi connectivity index (χ1n) is 8.61. The first-order chi connectivity index (χ1) is 13.1. The van der Waals surface area contributed by atoms with Gasteiger partial charge in [-0.25, -0.2) is 0 Å². The summed E-state index contributed by atoms with van der Waals surface area (Å²) >= 11 is 0. The largest absolute Gasteiger partial charge is 0.467 e. The summed E-state index contributed by atoms with van der Waals surface area (Å²) in [6.07, 6.45) is 1.56. The molecule has 1 aromatic heterocycles. The number of rotatable bonds is 7. The Labute approximate surface area is 157 Å². The Morgan fingerprint density at radius 2 is 1.63 bits per heavy atom. The van der Waals surface area contributed by atoms with Crippen molar-refractivity contribution in [2.24, 2.45) is 0 Å². The smallest absolute Gasteiger partial charge is 0.251 e. The van der Waals surface area contributed by atoms with Gasteiger partial charge in [0, 0.05) is 16.9 Å². The summed E-state index contributed by atoms with van der Waals surface area (Å²) in [4.78, 5) is 24.1. The number of hydrogen-bond donors (Lipinski definition) is 3. The Morgan fingerprint density at radius 1 is 0.926 bits per heavy atom. The second-order valence-electron chi connectivity index (χ2n) is 6.11. The zero-order valence-corrected chi connectivity index (χ0v) is 15.0. The molecule has 6 heteroatoms. The molecule has 0 aliphatic carbocycles. The monoisotopic (exact) mass is 363 g/mol. The highest BCUT2D eigenvalue weighted by Crippen LogP contribution is 2.11. The predicted octanol–water partition coefficient (Wildman–Crippen LogP) is 3.57. The maximum absolute atomic E-state index is 12.1. The van der Waals surface area contributed by atoms with Crippen LogP contribution in [-0.2, 0) is 11.3 Å². The quantitative estimate of drug-likeness (QED) is 0.599. The average molecular weight is 363 g/mol. The van der Waals surface area contributed by atoms with Crippen LogP contribution in [0.1, 0.15) is 21.7 Å². The van der Waals surface area contributed by atoms with Crippen molar-refractivity contribution in [1.82, 2.24) is 5.32 Å². The van der Waals surface area contributed by atoms with Crippen LogP contribution in [0.2, 0.25) is 0 Å². The van der Waals surface area contributed by atoms with E-state index in [4.69, 9.17) is 4.42 Å². The molecule has 0 atom stereocenters. The minimum absolute atomic E-state index is 0.161. The molecule has 0 aliphatic rings. The molecule has 0 saturated carbocycles. The van der Waals surface area contributed by atoms with Crippen molar-refractivity contribution in [2.75, 3.05) is 17.2 Å². The van der Waals surface area contributed by atoms with Crippen LogP contribution in [0.25, 0.3) is 0 Å². The molecule has 6 nitrogen and oxygen atoms in total. The van der Waals surface area contributed by atoms with E-state index >= 15 is 0 Å². The number of amides is 2. The Balaban J connectivity index is 1.47. The first-order valence-corrected chi connectivity index (χ1v) is 8.61. The van der Waals surface area contributed by atoms with Gasteiger partial charge < -0.3 is 20.4 Å². The SMILES string of the molecule is Cc1ccc(NCC(=O)Nc2ccc(C(=O)NCc3ccco3)cc2)cc1. The van der Waals surface area contributed by atoms with E-state index in [0.29, 0.717) is 23.6 Å². The number of hydrogen-bond acceptors (Lipinski definition) is 4. The van der Waals surface area contributed by atoms with Crippen LogP contribution in [0.3, 0.4) is 0 Å². The third-order valence-corrected chi connectivity index (χ3v) is 3.94. The van der Waals surface area contributed by atoms with E-state index in [2.05, 4.69) is 16.0 Å². The molecule has 1 heterocycles. The summed E-state index contributed by atoms with van der Waals surface area (Å²) in [6, 6.07) is 18.1. The van der Waals surface area contributed by atoms with Gasteiger partial charge in [0.15, 0.2) is 0 Å². The van der Waals surface area contributed by atoms with Crippen LogP contribution in [0.15, 0.2) is 71.3 Å². The van der Waals surface area contributed by atoms with Crippen LogP contribution in [0.4, 0.5) is 11.4 Å². The molecule has 0 radical (unpaired) electrons. The van der Waals surface area contributed by atoms with Crippen molar-refractivity contribution < 1.29 is 14.0 Å². The van der Waals surface area contributed by atoms with Gasteiger partial charge in [-0.1, -0.05) is 17.7 Å². The minimum Gasteiger partial charge on any atom is -0.467 e. The summed E-state index contributed by atoms with van der Waals surface area (Å²) < 4.78 is 5.18. The van der Waals surface area contributed by atoms with Crippen molar-refractivity contribution in [3.8, 4) is 0 Å². The average Bonchev–Trinajstić information content (AvgIpc) is 3.20. The lowest BCUT2D eigenvalue weighted by Crippen LogP contribution is -2.23. The zero-order chi connectivity index (χ0) is 19.1. The number of aryl methyl sites for hydroxylation is 1. The van der Waals surface area contributed by atoms with Gasteiger partial charge in [-0.05, 0) is 55.5 Å². The lowest BCUT2D eigenvalue weighted by Gasteiger charge is -2.09. The molecule has 27 heavy (non-hydrogen) atoms. The molecule has 0 saturated heterocycles. The van der Waals surface area contributed by atoms with Gasteiger partial charge >= 0.3 is 0 Å². The molecule has 2 amide bonds. The van der Waals surface area contributed by atoms with Crippen LogP contribution in [-0.4, -0.2) is 18.4 Å². The van der Waals surface area contributed by atoms with Gasteiger partial charge in [0.1, 0.15) is 5.76 Å². The van der Waals surface area contributed by atoms with Crippen molar-refractivity contribution in [2.45, 2.75) is 13.5 Å². The highest BCUT2D eigenvalue weighted by Gasteiger charge is 2.07. The summed E-state index contributed by atoms with van der Waals surface area (Å²) in [5.74, 6) is 0.323. The van der Waals surface area contributed by atoms with Crippen LogP contribution in [0.5, 0.6) is 0 Å². The van der Waals surface area contributed by atoms with Gasteiger partial charge in [-0.2, -0.15) is 0 Å². The second-order valence-corrected chi connectivity index (χ2v) is 6.11. The molecule has 0 bridgehead atoms. The molecular weight excluding hydrogens is 342 g/mol. The fourth-order valence-electron chi connectivity index (χ4n) is 2.45. The van der Waals surface area contributed by atoms with Gasteiger partial charge in [0.25, 0.3) is 5.91 Å². The molecule has 0 unspecified atom stereocenters. The maximum atomic E-state index is 12.1. The Hall–Kier alpha value is -3.54. The lowest BCUT2D eigenvalue weighted by molar-refractivity contribution is -0.114. The van der Waals surface area contributed by atoms with Crippen molar-refractivity contribution in [3.05, 3.63) is 83.8 Å². The van der Waals surface area contributed by atoms with E-state index in [-0.39, 0.29) is 18.4 Å². The molecule has 3 aromatic rings. The fourth-order valence-corrected chi connectivity index (χ4v) is 2.45. The normalized spacial score (nSPS) is 10.3. The van der Waals surface area contributed by atoms with Gasteiger partial charge in [-0.15, -0.1) is 0 Å². The van der Waals surface area contributed by atoms with E-state index in [1.165, 1.54) is 5.56 Å². The van der Waals surface area contributed by atoms with E-state index in [0.717, 1.165) is 5.69 Å². The molecule has 138 valence electrons. The summed E-state index contributed by atoms with van der Waals surface area (Å²) in [6.45, 7) is 2.50. The van der Waals surface area contributed by atoms with Crippen molar-refractivity contribution in [3.63, 3.8) is 0 Å². The standard InChI is InChI=1S/C21H21N3O3/c1-15-4-8-17(9-5-15)22-14-20(25)24-18-10-6-16(7-11-18)21(26)23-13-19-3-2-12-27-19/h2-12,22H,13-14H2,1H3,(H,23,26)(H,24,25). The van der Waals surface area contributed by atoms with E-state index in [9.17, 15) is 9.59 Å². The number of nitrogens with one attached hydrogen (secondary N) is 3. The lowest BCUT2D eigenvalue weighted by atomic mass is 10.2. The number of anilines is 2. The van der Waals surface area contributed by atoms with Crippen molar-refractivity contribution in [1.29, 1.82) is 0 Å². The first kappa shape index (κ1) is 18.3. The third kappa shape index (κ3) is 5.47. The van der Waals surface area contributed by atoms with Gasteiger partial charge in [-0.3, -0.25) is 9.59 Å². The van der Waals surface area contributed by atoms with Crippen LogP contribution in [0, 0.1) is 6.92 Å². The zero-order valence-electron chi connectivity index (χ0n) is 15.0. The Bertz CT molecular complexity index is 885. The van der Waals surface area contributed by atoms with Crippen LogP contribution >= 0.6 is 0 Å². The maximum Gasteiger partial charge on any atom is 0.251 e. The third-order valence-electron chi connectivity index (χ3n) is 3.94. The molecule has 2 aromatic carbocycles. The number of carbonyl (C=O) groups excluding carboxylic acids is 2. The predicted molar refractivity (Wildman–Crippen MR) is 105 cm³/mol. The number of furan rings is 1. The molecule has 3 N–H and O–H groups in total. The Kier molecular flexibility index (Phi) is 5.89. The second kappa shape index (κ2) is 8.71. The van der Waals surface area contributed by atoms with E-state index in [1.807, 2.05) is 31.2 Å². The topological polar surface area (TPSA) is 83.4 Å². The Morgan fingerprint density at radius 3 is 2.30 bits per heavy atom. The van der Waals surface area contributed by atoms with Gasteiger partial charge in [0.05, 0.1) is 19.4 Å².